The van der Waals surface area contributed by atoms with E-state index in [1.165, 1.54) is 12.1 Å². The number of nitrogens with one attached hydrogen (secondary N) is 1. The van der Waals surface area contributed by atoms with Gasteiger partial charge in [-0.15, -0.1) is 11.3 Å². The number of hydrogen-bond donors (Lipinski definition) is 1. The molecule has 112 valence electrons. The zero-order valence-corrected chi connectivity index (χ0v) is 12.1. The Morgan fingerprint density at radius 3 is 2.67 bits per heavy atom. The summed E-state index contributed by atoms with van der Waals surface area (Å²) < 4.78 is 37.8. The Morgan fingerprint density at radius 2 is 2.05 bits per heavy atom. The summed E-state index contributed by atoms with van der Waals surface area (Å²) in [5, 5.41) is 4.65. The number of carbonyl (C=O) groups is 1. The van der Waals surface area contributed by atoms with Crippen LogP contribution in [-0.4, -0.2) is 11.9 Å². The molecule has 0 bridgehead atoms. The van der Waals surface area contributed by atoms with E-state index in [0.29, 0.717) is 6.42 Å². The lowest BCUT2D eigenvalue weighted by atomic mass is 10.1. The van der Waals surface area contributed by atoms with Crippen molar-refractivity contribution >= 4 is 17.2 Å². The number of halogens is 3. The first-order valence-corrected chi connectivity index (χ1v) is 7.25. The molecular weight excluding hydrogens is 299 g/mol. The summed E-state index contributed by atoms with van der Waals surface area (Å²) in [6, 6.07) is 8.16. The number of benzene rings is 1. The van der Waals surface area contributed by atoms with Gasteiger partial charge in [0, 0.05) is 22.9 Å². The Kier molecular flexibility index (Phi) is 4.67. The Labute approximate surface area is 124 Å². The number of carbonyl (C=O) groups excluding carboxylic acids is 1. The van der Waals surface area contributed by atoms with Gasteiger partial charge in [0.05, 0.1) is 5.56 Å². The molecule has 1 aromatic carbocycles. The molecule has 0 saturated heterocycles. The largest absolute Gasteiger partial charge is 0.416 e. The van der Waals surface area contributed by atoms with Crippen molar-refractivity contribution in [2.75, 3.05) is 0 Å². The van der Waals surface area contributed by atoms with Crippen LogP contribution in [0.2, 0.25) is 0 Å². The van der Waals surface area contributed by atoms with Gasteiger partial charge in [-0.25, -0.2) is 0 Å². The molecule has 2 nitrogen and oxygen atoms in total. The van der Waals surface area contributed by atoms with Crippen molar-refractivity contribution in [2.24, 2.45) is 0 Å². The van der Waals surface area contributed by atoms with E-state index in [-0.39, 0.29) is 11.6 Å². The molecule has 0 fully saturated rings. The third-order valence-corrected chi connectivity index (χ3v) is 3.82. The van der Waals surface area contributed by atoms with Gasteiger partial charge in [0.15, 0.2) is 0 Å². The van der Waals surface area contributed by atoms with Gasteiger partial charge in [-0.3, -0.25) is 4.79 Å². The minimum Gasteiger partial charge on any atom is -0.349 e. The van der Waals surface area contributed by atoms with Gasteiger partial charge < -0.3 is 5.32 Å². The molecular formula is C15H14F3NOS. The molecule has 0 saturated carbocycles. The molecule has 0 aliphatic rings. The molecule has 0 spiro atoms. The summed E-state index contributed by atoms with van der Waals surface area (Å²) in [5.74, 6) is -0.495. The average molecular weight is 313 g/mol. The molecule has 0 aliphatic heterocycles. The van der Waals surface area contributed by atoms with Crippen LogP contribution in [0.25, 0.3) is 0 Å². The minimum atomic E-state index is -4.45. The van der Waals surface area contributed by atoms with Gasteiger partial charge in [-0.2, -0.15) is 13.2 Å². The van der Waals surface area contributed by atoms with Crippen molar-refractivity contribution in [3.63, 3.8) is 0 Å². The summed E-state index contributed by atoms with van der Waals surface area (Å²) in [7, 11) is 0. The third-order valence-electron chi connectivity index (χ3n) is 2.92. The van der Waals surface area contributed by atoms with Crippen LogP contribution in [0.5, 0.6) is 0 Å². The number of hydrogen-bond acceptors (Lipinski definition) is 2. The second-order valence-corrected chi connectivity index (χ2v) is 5.77. The monoisotopic (exact) mass is 313 g/mol. The normalized spacial score (nSPS) is 13.0. The summed E-state index contributed by atoms with van der Waals surface area (Å²) in [4.78, 5) is 13.1. The fourth-order valence-electron chi connectivity index (χ4n) is 1.93. The van der Waals surface area contributed by atoms with E-state index >= 15 is 0 Å². The van der Waals surface area contributed by atoms with E-state index < -0.39 is 17.6 Å². The van der Waals surface area contributed by atoms with Crippen molar-refractivity contribution in [3.8, 4) is 0 Å². The quantitative estimate of drug-likeness (QED) is 0.903. The highest BCUT2D eigenvalue weighted by Gasteiger charge is 2.30. The van der Waals surface area contributed by atoms with Gasteiger partial charge in [0.1, 0.15) is 0 Å². The maximum absolute atomic E-state index is 12.6. The summed E-state index contributed by atoms with van der Waals surface area (Å²) >= 11 is 1.58. The van der Waals surface area contributed by atoms with Crippen LogP contribution in [0.4, 0.5) is 13.2 Å². The van der Waals surface area contributed by atoms with Crippen molar-refractivity contribution < 1.29 is 18.0 Å². The molecule has 0 aliphatic carbocycles. The molecule has 1 amide bonds. The third kappa shape index (κ3) is 4.32. The van der Waals surface area contributed by atoms with E-state index in [9.17, 15) is 18.0 Å². The summed E-state index contributed by atoms with van der Waals surface area (Å²) in [6.45, 7) is 1.82. The molecule has 1 aromatic heterocycles. The highest BCUT2D eigenvalue weighted by Crippen LogP contribution is 2.29. The fourth-order valence-corrected chi connectivity index (χ4v) is 2.76. The highest BCUT2D eigenvalue weighted by atomic mass is 32.1. The fraction of sp³-hybridized carbons (Fsp3) is 0.267. The van der Waals surface area contributed by atoms with E-state index in [1.54, 1.807) is 11.3 Å². The van der Waals surface area contributed by atoms with Crippen LogP contribution in [-0.2, 0) is 12.6 Å². The standard InChI is InChI=1S/C15H14F3NOS/c1-10(8-13-6-3-7-21-13)19-14(20)11-4-2-5-12(9-11)15(16,17)18/h2-7,9-10H,8H2,1H3,(H,19,20)/t10-/m0/s1. The van der Waals surface area contributed by atoms with Gasteiger partial charge in [-0.05, 0) is 36.6 Å². The predicted molar refractivity (Wildman–Crippen MR) is 76.4 cm³/mol. The van der Waals surface area contributed by atoms with Crippen molar-refractivity contribution in [1.82, 2.24) is 5.32 Å². The molecule has 1 N–H and O–H groups in total. The highest BCUT2D eigenvalue weighted by molar-refractivity contribution is 7.09. The zero-order chi connectivity index (χ0) is 15.5. The number of rotatable bonds is 4. The maximum atomic E-state index is 12.6. The smallest absolute Gasteiger partial charge is 0.349 e. The molecule has 21 heavy (non-hydrogen) atoms. The molecule has 0 unspecified atom stereocenters. The second-order valence-electron chi connectivity index (χ2n) is 4.74. The van der Waals surface area contributed by atoms with Crippen molar-refractivity contribution in [3.05, 3.63) is 57.8 Å². The Balaban J connectivity index is 2.03. The lowest BCUT2D eigenvalue weighted by molar-refractivity contribution is -0.137. The van der Waals surface area contributed by atoms with Crippen LogP contribution in [0.1, 0.15) is 27.7 Å². The molecule has 2 aromatic rings. The molecule has 2 rings (SSSR count). The van der Waals surface area contributed by atoms with Crippen LogP contribution in [0.15, 0.2) is 41.8 Å². The Bertz CT molecular complexity index is 608. The molecule has 0 radical (unpaired) electrons. The molecule has 1 atom stereocenters. The van der Waals surface area contributed by atoms with Crippen LogP contribution in [0.3, 0.4) is 0 Å². The first kappa shape index (κ1) is 15.6. The van der Waals surface area contributed by atoms with Crippen LogP contribution in [0, 0.1) is 0 Å². The lowest BCUT2D eigenvalue weighted by Crippen LogP contribution is -2.34. The molecule has 6 heteroatoms. The summed E-state index contributed by atoms with van der Waals surface area (Å²) in [5.41, 5.74) is -0.802. The first-order chi connectivity index (χ1) is 9.86. The van der Waals surface area contributed by atoms with E-state index in [1.807, 2.05) is 24.4 Å². The Hall–Kier alpha value is -1.82. The van der Waals surface area contributed by atoms with E-state index in [2.05, 4.69) is 5.32 Å². The average Bonchev–Trinajstić information content (AvgIpc) is 2.90. The maximum Gasteiger partial charge on any atom is 0.416 e. The topological polar surface area (TPSA) is 29.1 Å². The number of alkyl halides is 3. The van der Waals surface area contributed by atoms with Gasteiger partial charge in [0.2, 0.25) is 0 Å². The lowest BCUT2D eigenvalue weighted by Gasteiger charge is -2.14. The van der Waals surface area contributed by atoms with Gasteiger partial charge in [-0.1, -0.05) is 12.1 Å². The summed E-state index contributed by atoms with van der Waals surface area (Å²) in [6.07, 6.45) is -3.79. The van der Waals surface area contributed by atoms with Crippen molar-refractivity contribution in [1.29, 1.82) is 0 Å². The van der Waals surface area contributed by atoms with Crippen LogP contribution >= 0.6 is 11.3 Å². The number of thiophene rings is 1. The van der Waals surface area contributed by atoms with E-state index in [4.69, 9.17) is 0 Å². The zero-order valence-electron chi connectivity index (χ0n) is 11.3. The van der Waals surface area contributed by atoms with Gasteiger partial charge in [0.25, 0.3) is 5.91 Å². The Morgan fingerprint density at radius 1 is 1.29 bits per heavy atom. The second kappa shape index (κ2) is 6.30. The SMILES string of the molecule is C[C@@H](Cc1cccs1)NC(=O)c1cccc(C(F)(F)F)c1. The van der Waals surface area contributed by atoms with Gasteiger partial charge >= 0.3 is 6.18 Å². The van der Waals surface area contributed by atoms with Crippen LogP contribution < -0.4 is 5.32 Å². The predicted octanol–water partition coefficient (Wildman–Crippen LogP) is 4.13. The molecule has 1 heterocycles. The first-order valence-electron chi connectivity index (χ1n) is 6.37. The van der Waals surface area contributed by atoms with Crippen molar-refractivity contribution in [2.45, 2.75) is 25.6 Å². The minimum absolute atomic E-state index is 0.0165. The number of amides is 1. The van der Waals surface area contributed by atoms with E-state index in [0.717, 1.165) is 17.0 Å².